The van der Waals surface area contributed by atoms with Crippen molar-refractivity contribution in [2.75, 3.05) is 0 Å². The maximum Gasteiger partial charge on any atom is 0.303 e. The molecule has 78 valence electrons. The van der Waals surface area contributed by atoms with Crippen molar-refractivity contribution in [3.05, 3.63) is 0 Å². The van der Waals surface area contributed by atoms with Crippen LogP contribution in [0.15, 0.2) is 0 Å². The molecule has 13 heavy (non-hydrogen) atoms. The first-order valence-electron chi connectivity index (χ1n) is 4.73. The van der Waals surface area contributed by atoms with Gasteiger partial charge in [0.2, 0.25) is 0 Å². The van der Waals surface area contributed by atoms with Crippen LogP contribution in [-0.2, 0) is 4.79 Å². The zero-order valence-corrected chi connectivity index (χ0v) is 9.05. The largest absolute Gasteiger partial charge is 0.481 e. The first-order chi connectivity index (χ1) is 5.73. The second-order valence-electron chi connectivity index (χ2n) is 4.60. The monoisotopic (exact) mass is 187 g/mol. The summed E-state index contributed by atoms with van der Waals surface area (Å²) in [6.45, 7) is 7.79. The lowest BCUT2D eigenvalue weighted by Crippen LogP contribution is -2.50. The average Bonchev–Trinajstić information content (AvgIpc) is 1.82. The zero-order valence-electron chi connectivity index (χ0n) is 9.05. The highest BCUT2D eigenvalue weighted by atomic mass is 16.4. The van der Waals surface area contributed by atoms with E-state index in [1.807, 2.05) is 27.7 Å². The summed E-state index contributed by atoms with van der Waals surface area (Å²) in [5.41, 5.74) is 5.23. The molecule has 3 N–H and O–H groups in total. The molecule has 0 aromatic carbocycles. The maximum atomic E-state index is 10.7. The highest BCUT2D eigenvalue weighted by molar-refractivity contribution is 5.67. The number of carbonyl (C=O) groups is 1. The Balaban J connectivity index is 4.62. The fourth-order valence-corrected chi connectivity index (χ4v) is 1.52. The minimum atomic E-state index is -0.769. The zero-order chi connectivity index (χ0) is 10.7. The second kappa shape index (κ2) is 4.09. The summed E-state index contributed by atoms with van der Waals surface area (Å²) in [5.74, 6) is -0.769. The van der Waals surface area contributed by atoms with E-state index in [4.69, 9.17) is 10.8 Å². The molecule has 0 aliphatic carbocycles. The van der Waals surface area contributed by atoms with E-state index in [1.54, 1.807) is 0 Å². The molecule has 1 atom stereocenters. The molecule has 0 bridgehead atoms. The third-order valence-electron chi connectivity index (χ3n) is 2.90. The van der Waals surface area contributed by atoms with Crippen LogP contribution in [0.25, 0.3) is 0 Å². The Morgan fingerprint density at radius 1 is 1.38 bits per heavy atom. The molecule has 0 saturated heterocycles. The fraction of sp³-hybridized carbons (Fsp3) is 0.900. The molecule has 0 aromatic heterocycles. The maximum absolute atomic E-state index is 10.7. The van der Waals surface area contributed by atoms with E-state index >= 15 is 0 Å². The van der Waals surface area contributed by atoms with Gasteiger partial charge in [0.1, 0.15) is 0 Å². The highest BCUT2D eigenvalue weighted by Gasteiger charge is 2.38. The van der Waals surface area contributed by atoms with Crippen LogP contribution in [0.2, 0.25) is 0 Å². The Labute approximate surface area is 80.3 Å². The van der Waals surface area contributed by atoms with Gasteiger partial charge < -0.3 is 10.8 Å². The molecule has 0 rings (SSSR count). The van der Waals surface area contributed by atoms with E-state index < -0.39 is 11.5 Å². The fourth-order valence-electron chi connectivity index (χ4n) is 1.52. The lowest BCUT2D eigenvalue weighted by Gasteiger charge is -2.40. The molecule has 1 unspecified atom stereocenters. The van der Waals surface area contributed by atoms with Gasteiger partial charge in [0.15, 0.2) is 0 Å². The molecule has 0 saturated carbocycles. The third-order valence-corrected chi connectivity index (χ3v) is 2.90. The number of hydrogen-bond acceptors (Lipinski definition) is 2. The number of aliphatic carboxylic acids is 1. The topological polar surface area (TPSA) is 63.3 Å². The number of carboxylic acid groups (broad SMARTS) is 1. The first-order valence-corrected chi connectivity index (χ1v) is 4.73. The predicted molar refractivity (Wildman–Crippen MR) is 53.5 cm³/mol. The van der Waals surface area contributed by atoms with Gasteiger partial charge in [0, 0.05) is 5.54 Å². The van der Waals surface area contributed by atoms with Crippen LogP contribution in [0, 0.1) is 5.41 Å². The quantitative estimate of drug-likeness (QED) is 0.692. The summed E-state index contributed by atoms with van der Waals surface area (Å²) < 4.78 is 0. The van der Waals surface area contributed by atoms with E-state index in [0.29, 0.717) is 0 Å². The van der Waals surface area contributed by atoms with Crippen LogP contribution in [0.1, 0.15) is 47.0 Å². The van der Waals surface area contributed by atoms with Crippen LogP contribution < -0.4 is 5.73 Å². The molecule has 0 fully saturated rings. The Morgan fingerprint density at radius 3 is 2.08 bits per heavy atom. The van der Waals surface area contributed by atoms with Gasteiger partial charge in [0.05, 0.1) is 6.42 Å². The van der Waals surface area contributed by atoms with Crippen LogP contribution in [0.5, 0.6) is 0 Å². The van der Waals surface area contributed by atoms with E-state index in [2.05, 4.69) is 0 Å². The van der Waals surface area contributed by atoms with Crippen molar-refractivity contribution in [3.8, 4) is 0 Å². The summed E-state index contributed by atoms with van der Waals surface area (Å²) >= 11 is 0. The summed E-state index contributed by atoms with van der Waals surface area (Å²) in [6.07, 6.45) is 1.96. The molecule has 0 aliphatic heterocycles. The van der Waals surface area contributed by atoms with Gasteiger partial charge in [-0.2, -0.15) is 0 Å². The number of rotatable bonds is 5. The molecular weight excluding hydrogens is 166 g/mol. The van der Waals surface area contributed by atoms with Crippen molar-refractivity contribution in [3.63, 3.8) is 0 Å². The number of carboxylic acids is 1. The molecular formula is C10H21NO2. The van der Waals surface area contributed by atoms with Crippen molar-refractivity contribution in [1.29, 1.82) is 0 Å². The van der Waals surface area contributed by atoms with Crippen molar-refractivity contribution < 1.29 is 9.90 Å². The van der Waals surface area contributed by atoms with E-state index in [9.17, 15) is 4.79 Å². The number of nitrogens with two attached hydrogens (primary N) is 1. The van der Waals surface area contributed by atoms with Crippen LogP contribution in [-0.4, -0.2) is 16.6 Å². The minimum absolute atomic E-state index is 0.143. The smallest absolute Gasteiger partial charge is 0.303 e. The van der Waals surface area contributed by atoms with E-state index in [1.165, 1.54) is 0 Å². The Bertz CT molecular complexity index is 184. The number of hydrogen-bond donors (Lipinski definition) is 2. The van der Waals surface area contributed by atoms with Crippen molar-refractivity contribution in [2.24, 2.45) is 11.1 Å². The molecule has 0 amide bonds. The van der Waals surface area contributed by atoms with Gasteiger partial charge in [-0.25, -0.2) is 0 Å². The van der Waals surface area contributed by atoms with Crippen LogP contribution in [0.3, 0.4) is 0 Å². The molecule has 0 heterocycles. The van der Waals surface area contributed by atoms with Gasteiger partial charge >= 0.3 is 5.97 Å². The van der Waals surface area contributed by atoms with Crippen molar-refractivity contribution in [2.45, 2.75) is 52.5 Å². The Morgan fingerprint density at radius 2 is 1.85 bits per heavy atom. The van der Waals surface area contributed by atoms with Gasteiger partial charge in [-0.05, 0) is 25.7 Å². The van der Waals surface area contributed by atoms with E-state index in [0.717, 1.165) is 12.8 Å². The SMILES string of the molecule is CCCC(C)(CC(=O)O)C(C)(C)N. The van der Waals surface area contributed by atoms with Gasteiger partial charge in [-0.1, -0.05) is 20.3 Å². The molecule has 3 nitrogen and oxygen atoms in total. The highest BCUT2D eigenvalue weighted by Crippen LogP contribution is 2.37. The summed E-state index contributed by atoms with van der Waals surface area (Å²) in [7, 11) is 0. The predicted octanol–water partition coefficient (Wildman–Crippen LogP) is 2.00. The second-order valence-corrected chi connectivity index (χ2v) is 4.60. The minimum Gasteiger partial charge on any atom is -0.481 e. The normalized spacial score (nSPS) is 16.7. The average molecular weight is 187 g/mol. The molecule has 0 aliphatic rings. The Hall–Kier alpha value is -0.570. The lowest BCUT2D eigenvalue weighted by atomic mass is 9.68. The molecule has 3 heteroatoms. The summed E-state index contributed by atoms with van der Waals surface area (Å²) in [4.78, 5) is 10.7. The first kappa shape index (κ1) is 12.4. The van der Waals surface area contributed by atoms with Crippen molar-refractivity contribution in [1.82, 2.24) is 0 Å². The summed E-state index contributed by atoms with van der Waals surface area (Å²) in [5, 5.41) is 8.78. The van der Waals surface area contributed by atoms with Crippen molar-refractivity contribution >= 4 is 5.97 Å². The summed E-state index contributed by atoms with van der Waals surface area (Å²) in [6, 6.07) is 0. The van der Waals surface area contributed by atoms with E-state index in [-0.39, 0.29) is 11.8 Å². The van der Waals surface area contributed by atoms with Gasteiger partial charge in [0.25, 0.3) is 0 Å². The van der Waals surface area contributed by atoms with Crippen LogP contribution >= 0.6 is 0 Å². The lowest BCUT2D eigenvalue weighted by molar-refractivity contribution is -0.140. The molecule has 0 radical (unpaired) electrons. The Kier molecular flexibility index (Phi) is 3.91. The van der Waals surface area contributed by atoms with Gasteiger partial charge in [-0.15, -0.1) is 0 Å². The molecule has 0 spiro atoms. The third kappa shape index (κ3) is 3.35. The van der Waals surface area contributed by atoms with Gasteiger partial charge in [-0.3, -0.25) is 4.79 Å². The van der Waals surface area contributed by atoms with Crippen LogP contribution in [0.4, 0.5) is 0 Å². The molecule has 0 aromatic rings. The standard InChI is InChI=1S/C10H21NO2/c1-5-6-10(4,7-8(12)13)9(2,3)11/h5-7,11H2,1-4H3,(H,12,13).